The third kappa shape index (κ3) is 5.38. The van der Waals surface area contributed by atoms with Gasteiger partial charge in [0.25, 0.3) is 0 Å². The minimum absolute atomic E-state index is 0.00376. The van der Waals surface area contributed by atoms with E-state index >= 15 is 0 Å². The lowest BCUT2D eigenvalue weighted by molar-refractivity contribution is -0.149. The average Bonchev–Trinajstić information content (AvgIpc) is 2.95. The smallest absolute Gasteiger partial charge is 0.325 e. The molecule has 5 nitrogen and oxygen atoms in total. The first-order chi connectivity index (χ1) is 9.51. The first-order valence-corrected chi connectivity index (χ1v) is 7.54. The maximum atomic E-state index is 12.0. The Hall–Kier alpha value is -0.650. The van der Waals surface area contributed by atoms with Crippen LogP contribution in [0.25, 0.3) is 0 Å². The van der Waals surface area contributed by atoms with E-state index < -0.39 is 5.54 Å². The van der Waals surface area contributed by atoms with E-state index in [1.807, 2.05) is 13.8 Å². The Kier molecular flexibility index (Phi) is 7.48. The second-order valence-electron chi connectivity index (χ2n) is 5.83. The molecular formula is C15H29NO4. The molecule has 0 amide bonds. The van der Waals surface area contributed by atoms with Crippen LogP contribution in [0.5, 0.6) is 0 Å². The molecule has 118 valence electrons. The number of methoxy groups -OCH3 is 1. The maximum Gasteiger partial charge on any atom is 0.325 e. The van der Waals surface area contributed by atoms with E-state index in [0.29, 0.717) is 18.9 Å². The van der Waals surface area contributed by atoms with Crippen molar-refractivity contribution >= 4 is 5.97 Å². The molecule has 1 aliphatic heterocycles. The Balaban J connectivity index is 2.43. The van der Waals surface area contributed by atoms with Crippen LogP contribution < -0.4 is 5.32 Å². The number of rotatable bonds is 9. The molecule has 0 spiro atoms. The van der Waals surface area contributed by atoms with E-state index in [1.165, 1.54) is 7.11 Å². The molecule has 0 aromatic rings. The van der Waals surface area contributed by atoms with Crippen LogP contribution in [0, 0.1) is 5.92 Å². The molecule has 1 rings (SSSR count). The van der Waals surface area contributed by atoms with Crippen molar-refractivity contribution in [3.63, 3.8) is 0 Å². The van der Waals surface area contributed by atoms with Gasteiger partial charge in [0.05, 0.1) is 26.4 Å². The summed E-state index contributed by atoms with van der Waals surface area (Å²) in [6.07, 6.45) is 2.65. The Labute approximate surface area is 122 Å². The van der Waals surface area contributed by atoms with Crippen molar-refractivity contribution in [1.82, 2.24) is 5.32 Å². The van der Waals surface area contributed by atoms with Gasteiger partial charge in [-0.3, -0.25) is 4.79 Å². The first-order valence-electron chi connectivity index (χ1n) is 7.54. The summed E-state index contributed by atoms with van der Waals surface area (Å²) in [6.45, 7) is 9.07. The summed E-state index contributed by atoms with van der Waals surface area (Å²) in [5, 5.41) is 3.28. The summed E-state index contributed by atoms with van der Waals surface area (Å²) in [6, 6.07) is 0. The Morgan fingerprint density at radius 2 is 2.30 bits per heavy atom. The van der Waals surface area contributed by atoms with Crippen LogP contribution in [0.1, 0.15) is 40.0 Å². The molecule has 1 heterocycles. The Bertz CT molecular complexity index is 292. The van der Waals surface area contributed by atoms with Crippen molar-refractivity contribution in [2.24, 2.45) is 5.92 Å². The normalized spacial score (nSPS) is 23.3. The van der Waals surface area contributed by atoms with E-state index in [0.717, 1.165) is 32.6 Å². The number of hydrogen-bond donors (Lipinski definition) is 1. The third-order valence-corrected chi connectivity index (χ3v) is 3.74. The van der Waals surface area contributed by atoms with E-state index in [1.54, 1.807) is 0 Å². The maximum absolute atomic E-state index is 12.0. The van der Waals surface area contributed by atoms with E-state index in [4.69, 9.17) is 14.2 Å². The molecule has 1 N–H and O–H groups in total. The van der Waals surface area contributed by atoms with Crippen molar-refractivity contribution in [3.8, 4) is 0 Å². The van der Waals surface area contributed by atoms with Crippen LogP contribution in [0.3, 0.4) is 0 Å². The fourth-order valence-corrected chi connectivity index (χ4v) is 2.50. The number of carbonyl (C=O) groups is 1. The molecule has 5 heteroatoms. The van der Waals surface area contributed by atoms with Crippen LogP contribution >= 0.6 is 0 Å². The quantitative estimate of drug-likeness (QED) is 0.655. The van der Waals surface area contributed by atoms with Gasteiger partial charge in [-0.05, 0) is 33.2 Å². The molecule has 1 fully saturated rings. The van der Waals surface area contributed by atoms with Gasteiger partial charge in [-0.25, -0.2) is 0 Å². The second kappa shape index (κ2) is 8.60. The zero-order valence-electron chi connectivity index (χ0n) is 13.2. The minimum Gasteiger partial charge on any atom is -0.468 e. The zero-order chi connectivity index (χ0) is 15.0. The summed E-state index contributed by atoms with van der Waals surface area (Å²) < 4.78 is 16.1. The van der Waals surface area contributed by atoms with Gasteiger partial charge in [0.2, 0.25) is 0 Å². The summed E-state index contributed by atoms with van der Waals surface area (Å²) >= 11 is 0. The summed E-state index contributed by atoms with van der Waals surface area (Å²) in [4.78, 5) is 12.0. The molecule has 0 aliphatic carbocycles. The van der Waals surface area contributed by atoms with Gasteiger partial charge in [-0.2, -0.15) is 0 Å². The average molecular weight is 287 g/mol. The van der Waals surface area contributed by atoms with Gasteiger partial charge < -0.3 is 19.5 Å². The van der Waals surface area contributed by atoms with E-state index in [-0.39, 0.29) is 12.1 Å². The number of nitrogens with one attached hydrogen (secondary N) is 1. The highest BCUT2D eigenvalue weighted by Crippen LogP contribution is 2.19. The lowest BCUT2D eigenvalue weighted by atomic mass is 9.94. The molecule has 0 aromatic carbocycles. The summed E-state index contributed by atoms with van der Waals surface area (Å²) in [5.74, 6) is 0.260. The summed E-state index contributed by atoms with van der Waals surface area (Å²) in [5.41, 5.74) is -0.684. The predicted octanol–water partition coefficient (Wildman–Crippen LogP) is 1.75. The molecule has 3 unspecified atom stereocenters. The van der Waals surface area contributed by atoms with Crippen molar-refractivity contribution < 1.29 is 19.0 Å². The van der Waals surface area contributed by atoms with Crippen molar-refractivity contribution in [2.45, 2.75) is 51.7 Å². The molecule has 0 radical (unpaired) electrons. The second-order valence-corrected chi connectivity index (χ2v) is 5.83. The Morgan fingerprint density at radius 1 is 1.55 bits per heavy atom. The third-order valence-electron chi connectivity index (χ3n) is 3.74. The molecule has 0 bridgehead atoms. The van der Waals surface area contributed by atoms with Crippen LogP contribution in [-0.4, -0.2) is 51.1 Å². The van der Waals surface area contributed by atoms with Crippen LogP contribution in [-0.2, 0) is 19.0 Å². The minimum atomic E-state index is -0.684. The standard InChI is InChI=1S/C15H29NO4/c1-5-7-16-15(3,14(17)18-4)9-12(2)20-11-13-6-8-19-10-13/h12-13,16H,5-11H2,1-4H3. The fraction of sp³-hybridized carbons (Fsp3) is 0.933. The lowest BCUT2D eigenvalue weighted by Gasteiger charge is -2.31. The highest BCUT2D eigenvalue weighted by Gasteiger charge is 2.35. The van der Waals surface area contributed by atoms with Crippen LogP contribution in [0.4, 0.5) is 0 Å². The largest absolute Gasteiger partial charge is 0.468 e. The topological polar surface area (TPSA) is 56.8 Å². The number of carbonyl (C=O) groups excluding carboxylic acids is 1. The molecule has 0 saturated carbocycles. The lowest BCUT2D eigenvalue weighted by Crippen LogP contribution is -2.52. The summed E-state index contributed by atoms with van der Waals surface area (Å²) in [7, 11) is 1.43. The van der Waals surface area contributed by atoms with Gasteiger partial charge in [-0.15, -0.1) is 0 Å². The van der Waals surface area contributed by atoms with Gasteiger partial charge in [-0.1, -0.05) is 6.92 Å². The molecule has 20 heavy (non-hydrogen) atoms. The fourth-order valence-electron chi connectivity index (χ4n) is 2.50. The number of ether oxygens (including phenoxy) is 3. The van der Waals surface area contributed by atoms with Crippen molar-refractivity contribution in [2.75, 3.05) is 33.5 Å². The molecule has 1 aliphatic rings. The Morgan fingerprint density at radius 3 is 2.85 bits per heavy atom. The predicted molar refractivity (Wildman–Crippen MR) is 77.7 cm³/mol. The molecule has 1 saturated heterocycles. The highest BCUT2D eigenvalue weighted by atomic mass is 16.5. The number of hydrogen-bond acceptors (Lipinski definition) is 5. The first kappa shape index (κ1) is 17.4. The van der Waals surface area contributed by atoms with Gasteiger partial charge >= 0.3 is 5.97 Å². The molecule has 3 atom stereocenters. The zero-order valence-corrected chi connectivity index (χ0v) is 13.2. The van der Waals surface area contributed by atoms with Gasteiger partial charge in [0.15, 0.2) is 0 Å². The van der Waals surface area contributed by atoms with Crippen molar-refractivity contribution in [3.05, 3.63) is 0 Å². The van der Waals surface area contributed by atoms with Crippen LogP contribution in [0.2, 0.25) is 0 Å². The SMILES string of the molecule is CCCNC(C)(CC(C)OCC1CCOC1)C(=O)OC. The van der Waals surface area contributed by atoms with E-state index in [2.05, 4.69) is 12.2 Å². The van der Waals surface area contributed by atoms with Crippen molar-refractivity contribution in [1.29, 1.82) is 0 Å². The highest BCUT2D eigenvalue weighted by molar-refractivity contribution is 5.80. The molecular weight excluding hydrogens is 258 g/mol. The van der Waals surface area contributed by atoms with Gasteiger partial charge in [0.1, 0.15) is 5.54 Å². The van der Waals surface area contributed by atoms with Gasteiger partial charge in [0, 0.05) is 18.9 Å². The monoisotopic (exact) mass is 287 g/mol. The van der Waals surface area contributed by atoms with E-state index in [9.17, 15) is 4.79 Å². The number of esters is 1. The van der Waals surface area contributed by atoms with Crippen LogP contribution in [0.15, 0.2) is 0 Å². The molecule has 0 aromatic heterocycles.